The van der Waals surface area contributed by atoms with Crippen LogP contribution in [-0.4, -0.2) is 35.8 Å². The van der Waals surface area contributed by atoms with Crippen LogP contribution < -0.4 is 10.9 Å². The molecule has 0 aliphatic heterocycles. The first kappa shape index (κ1) is 22.9. The third-order valence-electron chi connectivity index (χ3n) is 4.97. The number of benzene rings is 1. The average Bonchev–Trinajstić information content (AvgIpc) is 3.47. The molecule has 1 N–H and O–H groups in total. The Morgan fingerprint density at radius 1 is 1.24 bits per heavy atom. The quantitative estimate of drug-likeness (QED) is 0.274. The van der Waals surface area contributed by atoms with Gasteiger partial charge in [-0.15, -0.1) is 16.8 Å². The molecule has 0 aliphatic rings. The number of carbonyl (C=O) groups excluding carboxylic acids is 1. The Bertz CT molecular complexity index is 1370. The summed E-state index contributed by atoms with van der Waals surface area (Å²) >= 11 is 4.50. The molecule has 0 saturated heterocycles. The van der Waals surface area contributed by atoms with Gasteiger partial charge in [0.2, 0.25) is 11.7 Å². The number of hydrogen-bond acceptors (Lipinski definition) is 6. The highest BCUT2D eigenvalue weighted by Crippen LogP contribution is 2.27. The number of halogens is 1. The van der Waals surface area contributed by atoms with Crippen molar-refractivity contribution in [3.63, 3.8) is 0 Å². The molecule has 3 heterocycles. The molecule has 170 valence electrons. The maximum atomic E-state index is 13.0. The number of anilines is 1. The van der Waals surface area contributed by atoms with Crippen LogP contribution >= 0.6 is 27.7 Å². The number of nitrogens with zero attached hydrogens (tertiary/aromatic N) is 5. The second-order valence-corrected chi connectivity index (χ2v) is 8.81. The first-order chi connectivity index (χ1) is 15.9. The largest absolute Gasteiger partial charge is 0.446 e. The van der Waals surface area contributed by atoms with E-state index in [2.05, 4.69) is 38.0 Å². The van der Waals surface area contributed by atoms with E-state index in [1.165, 1.54) is 16.4 Å². The number of rotatable bonds is 8. The van der Waals surface area contributed by atoms with Crippen LogP contribution in [0, 0.1) is 6.92 Å². The summed E-state index contributed by atoms with van der Waals surface area (Å²) in [6.45, 7) is 6.02. The molecule has 0 fully saturated rings. The number of carbonyl (C=O) groups is 1. The average molecular weight is 529 g/mol. The summed E-state index contributed by atoms with van der Waals surface area (Å²) in [6.07, 6.45) is 1.72. The summed E-state index contributed by atoms with van der Waals surface area (Å²) in [7, 11) is 1.78. The number of thioether (sulfide) groups is 1. The Labute approximate surface area is 202 Å². The fraction of sp³-hybridized carbons (Fsp3) is 0.182. The van der Waals surface area contributed by atoms with E-state index in [1.54, 1.807) is 36.9 Å². The third kappa shape index (κ3) is 4.60. The van der Waals surface area contributed by atoms with Gasteiger partial charge >= 0.3 is 0 Å². The van der Waals surface area contributed by atoms with Crippen molar-refractivity contribution >= 4 is 39.3 Å². The number of amides is 1. The van der Waals surface area contributed by atoms with Crippen LogP contribution in [0.2, 0.25) is 0 Å². The van der Waals surface area contributed by atoms with Gasteiger partial charge < -0.3 is 9.73 Å². The lowest BCUT2D eigenvalue weighted by Gasteiger charge is -2.07. The number of aromatic nitrogens is 5. The molecular formula is C22H21BrN6O3S. The van der Waals surface area contributed by atoms with Gasteiger partial charge in [-0.3, -0.25) is 18.8 Å². The van der Waals surface area contributed by atoms with Gasteiger partial charge in [-0.25, -0.2) is 4.68 Å². The molecular weight excluding hydrogens is 508 g/mol. The van der Waals surface area contributed by atoms with E-state index in [1.807, 2.05) is 34.9 Å². The summed E-state index contributed by atoms with van der Waals surface area (Å²) in [4.78, 5) is 25.7. The molecule has 11 heteroatoms. The number of allylic oxidation sites excluding steroid dienone is 1. The van der Waals surface area contributed by atoms with Crippen molar-refractivity contribution in [1.82, 2.24) is 24.1 Å². The van der Waals surface area contributed by atoms with Crippen molar-refractivity contribution < 1.29 is 9.21 Å². The first-order valence-corrected chi connectivity index (χ1v) is 11.7. The van der Waals surface area contributed by atoms with E-state index >= 15 is 0 Å². The van der Waals surface area contributed by atoms with Gasteiger partial charge in [0.25, 0.3) is 5.56 Å². The Balaban J connectivity index is 1.51. The van der Waals surface area contributed by atoms with Crippen LogP contribution in [0.1, 0.15) is 5.69 Å². The van der Waals surface area contributed by atoms with Crippen LogP contribution in [0.15, 0.2) is 74.2 Å². The summed E-state index contributed by atoms with van der Waals surface area (Å²) in [5.74, 6) is 0.819. The van der Waals surface area contributed by atoms with Crippen molar-refractivity contribution in [2.75, 3.05) is 11.1 Å². The van der Waals surface area contributed by atoms with Crippen molar-refractivity contribution in [3.8, 4) is 17.3 Å². The molecule has 0 spiro atoms. The van der Waals surface area contributed by atoms with Crippen molar-refractivity contribution in [1.29, 1.82) is 0 Å². The summed E-state index contributed by atoms with van der Waals surface area (Å²) in [5.41, 5.74) is 1.33. The van der Waals surface area contributed by atoms with Crippen LogP contribution in [0.25, 0.3) is 17.3 Å². The fourth-order valence-electron chi connectivity index (χ4n) is 3.32. The minimum atomic E-state index is -0.318. The molecule has 33 heavy (non-hydrogen) atoms. The van der Waals surface area contributed by atoms with Gasteiger partial charge in [0.05, 0.1) is 17.1 Å². The van der Waals surface area contributed by atoms with Crippen molar-refractivity contribution in [2.24, 2.45) is 7.05 Å². The van der Waals surface area contributed by atoms with Gasteiger partial charge in [0, 0.05) is 13.6 Å². The SMILES string of the molecule is C=CCn1c(SCC(=O)Nc2c(C)n(C)n(-c3ccccc3)c2=O)nnc1-c1ccc(Br)o1. The molecule has 0 aliphatic carbocycles. The Kier molecular flexibility index (Phi) is 6.70. The zero-order valence-electron chi connectivity index (χ0n) is 18.0. The fourth-order valence-corrected chi connectivity index (χ4v) is 4.38. The maximum absolute atomic E-state index is 13.0. The molecule has 0 unspecified atom stereocenters. The molecule has 0 radical (unpaired) electrons. The third-order valence-corrected chi connectivity index (χ3v) is 6.37. The zero-order valence-corrected chi connectivity index (χ0v) is 20.4. The zero-order chi connectivity index (χ0) is 23.5. The van der Waals surface area contributed by atoms with E-state index in [9.17, 15) is 9.59 Å². The lowest BCUT2D eigenvalue weighted by atomic mass is 10.3. The molecule has 1 aromatic carbocycles. The topological polar surface area (TPSA) is 99.9 Å². The Morgan fingerprint density at radius 3 is 2.67 bits per heavy atom. The van der Waals surface area contributed by atoms with Gasteiger partial charge in [0.1, 0.15) is 5.69 Å². The van der Waals surface area contributed by atoms with Gasteiger partial charge in [-0.2, -0.15) is 0 Å². The van der Waals surface area contributed by atoms with Gasteiger partial charge in [-0.1, -0.05) is 36.0 Å². The highest BCUT2D eigenvalue weighted by atomic mass is 79.9. The van der Waals surface area contributed by atoms with Crippen LogP contribution in [0.4, 0.5) is 5.69 Å². The molecule has 3 aromatic heterocycles. The normalized spacial score (nSPS) is 11.0. The van der Waals surface area contributed by atoms with Gasteiger partial charge in [-0.05, 0) is 47.1 Å². The molecule has 0 bridgehead atoms. The molecule has 9 nitrogen and oxygen atoms in total. The lowest BCUT2D eigenvalue weighted by molar-refractivity contribution is -0.113. The van der Waals surface area contributed by atoms with Crippen LogP contribution in [-0.2, 0) is 18.4 Å². The molecule has 1 amide bonds. The smallest absolute Gasteiger partial charge is 0.295 e. The van der Waals surface area contributed by atoms with Crippen LogP contribution in [0.5, 0.6) is 0 Å². The van der Waals surface area contributed by atoms with Crippen molar-refractivity contribution in [2.45, 2.75) is 18.6 Å². The molecule has 0 atom stereocenters. The van der Waals surface area contributed by atoms with E-state index in [4.69, 9.17) is 4.42 Å². The first-order valence-electron chi connectivity index (χ1n) is 9.97. The number of hydrogen-bond donors (Lipinski definition) is 1. The highest BCUT2D eigenvalue weighted by Gasteiger charge is 2.20. The number of nitrogens with one attached hydrogen (secondary N) is 1. The highest BCUT2D eigenvalue weighted by molar-refractivity contribution is 9.10. The standard InChI is InChI=1S/C22H21BrN6O3S/c1-4-12-28-20(16-10-11-17(23)32-16)25-26-22(28)33-13-18(30)24-19-14(2)27(3)29(21(19)31)15-8-6-5-7-9-15/h4-11H,1,12-13H2,2-3H3,(H,24,30). The number of furan rings is 1. The number of para-hydroxylation sites is 1. The molecule has 4 aromatic rings. The lowest BCUT2D eigenvalue weighted by Crippen LogP contribution is -2.23. The second kappa shape index (κ2) is 9.67. The van der Waals surface area contributed by atoms with E-state index in [-0.39, 0.29) is 22.9 Å². The van der Waals surface area contributed by atoms with E-state index < -0.39 is 0 Å². The predicted molar refractivity (Wildman–Crippen MR) is 131 cm³/mol. The predicted octanol–water partition coefficient (Wildman–Crippen LogP) is 4.02. The van der Waals surface area contributed by atoms with E-state index in [0.29, 0.717) is 33.6 Å². The summed E-state index contributed by atoms with van der Waals surface area (Å²) in [5, 5.41) is 11.7. The summed E-state index contributed by atoms with van der Waals surface area (Å²) < 4.78 is 11.2. The summed E-state index contributed by atoms with van der Waals surface area (Å²) in [6, 6.07) is 12.8. The maximum Gasteiger partial charge on any atom is 0.295 e. The molecule has 0 saturated carbocycles. The van der Waals surface area contributed by atoms with Crippen molar-refractivity contribution in [3.05, 3.63) is 75.8 Å². The Hall–Kier alpha value is -3.31. The second-order valence-electron chi connectivity index (χ2n) is 7.08. The van der Waals surface area contributed by atoms with Gasteiger partial charge in [0.15, 0.2) is 15.6 Å². The Morgan fingerprint density at radius 2 is 2.00 bits per heavy atom. The minimum Gasteiger partial charge on any atom is -0.446 e. The minimum absolute atomic E-state index is 0.0518. The monoisotopic (exact) mass is 528 g/mol. The molecule has 4 rings (SSSR count). The van der Waals surface area contributed by atoms with E-state index in [0.717, 1.165) is 5.69 Å². The van der Waals surface area contributed by atoms with Crippen LogP contribution in [0.3, 0.4) is 0 Å².